The van der Waals surface area contributed by atoms with E-state index in [0.29, 0.717) is 17.4 Å². The van der Waals surface area contributed by atoms with Crippen molar-refractivity contribution in [1.82, 2.24) is 19.6 Å². The normalized spacial score (nSPS) is 15.5. The van der Waals surface area contributed by atoms with Crippen LogP contribution in [0.3, 0.4) is 0 Å². The third kappa shape index (κ3) is 3.77. The first-order valence-electron chi connectivity index (χ1n) is 7.72. The minimum Gasteiger partial charge on any atom is -0.480 e. The summed E-state index contributed by atoms with van der Waals surface area (Å²) >= 11 is 0. The Balaban J connectivity index is 1.63. The topological polar surface area (TPSA) is 102 Å². The Labute approximate surface area is 133 Å². The van der Waals surface area contributed by atoms with Crippen LogP contribution in [-0.2, 0) is 11.3 Å². The second-order valence-corrected chi connectivity index (χ2v) is 5.75. The van der Waals surface area contributed by atoms with E-state index in [1.165, 1.54) is 30.1 Å². The summed E-state index contributed by atoms with van der Waals surface area (Å²) in [5, 5.41) is 19.6. The van der Waals surface area contributed by atoms with Crippen LogP contribution in [0.4, 0.5) is 5.82 Å². The highest BCUT2D eigenvalue weighted by Crippen LogP contribution is 2.27. The van der Waals surface area contributed by atoms with Crippen LogP contribution in [0.25, 0.3) is 0 Å². The molecule has 0 unspecified atom stereocenters. The smallest absolute Gasteiger partial charge is 0.325 e. The number of carbonyl (C=O) groups is 2. The number of hydrogen-bond donors (Lipinski definition) is 2. The zero-order valence-corrected chi connectivity index (χ0v) is 12.7. The van der Waals surface area contributed by atoms with Crippen molar-refractivity contribution in [1.29, 1.82) is 0 Å². The van der Waals surface area contributed by atoms with Gasteiger partial charge in [0.05, 0.1) is 17.8 Å². The van der Waals surface area contributed by atoms with Crippen molar-refractivity contribution in [3.8, 4) is 0 Å². The second-order valence-electron chi connectivity index (χ2n) is 5.75. The summed E-state index contributed by atoms with van der Waals surface area (Å²) < 4.78 is 3.13. The van der Waals surface area contributed by atoms with Gasteiger partial charge < -0.3 is 10.4 Å². The van der Waals surface area contributed by atoms with Crippen molar-refractivity contribution >= 4 is 17.7 Å². The minimum atomic E-state index is -0.986. The number of aromatic nitrogens is 4. The molecule has 122 valence electrons. The molecular weight excluding hydrogens is 298 g/mol. The Bertz CT molecular complexity index is 700. The molecule has 1 aliphatic rings. The zero-order chi connectivity index (χ0) is 16.2. The number of carbonyl (C=O) groups excluding carboxylic acids is 1. The maximum absolute atomic E-state index is 12.2. The lowest BCUT2D eigenvalue weighted by Crippen LogP contribution is -2.15. The van der Waals surface area contributed by atoms with Gasteiger partial charge in [-0.3, -0.25) is 19.0 Å². The third-order valence-electron chi connectivity index (χ3n) is 3.99. The van der Waals surface area contributed by atoms with Gasteiger partial charge >= 0.3 is 5.97 Å². The third-order valence-corrected chi connectivity index (χ3v) is 3.99. The van der Waals surface area contributed by atoms with E-state index in [1.54, 1.807) is 18.5 Å². The molecule has 2 aromatic heterocycles. The molecule has 1 saturated carbocycles. The van der Waals surface area contributed by atoms with E-state index in [1.807, 2.05) is 4.68 Å². The highest BCUT2D eigenvalue weighted by molar-refractivity contribution is 6.03. The molecule has 0 bridgehead atoms. The summed E-state index contributed by atoms with van der Waals surface area (Å²) in [6.45, 7) is -0.241. The van der Waals surface area contributed by atoms with Crippen LogP contribution >= 0.6 is 0 Å². The number of carboxylic acid groups (broad SMARTS) is 1. The van der Waals surface area contributed by atoms with Gasteiger partial charge in [-0.2, -0.15) is 10.2 Å². The molecule has 2 aromatic rings. The Morgan fingerprint density at radius 1 is 1.30 bits per heavy atom. The van der Waals surface area contributed by atoms with Crippen LogP contribution < -0.4 is 5.32 Å². The monoisotopic (exact) mass is 317 g/mol. The predicted molar refractivity (Wildman–Crippen MR) is 82.2 cm³/mol. The van der Waals surface area contributed by atoms with E-state index < -0.39 is 5.97 Å². The second kappa shape index (κ2) is 6.64. The molecule has 0 spiro atoms. The molecule has 23 heavy (non-hydrogen) atoms. The summed E-state index contributed by atoms with van der Waals surface area (Å²) in [5.74, 6) is -0.964. The van der Waals surface area contributed by atoms with Crippen LogP contribution in [0.2, 0.25) is 0 Å². The summed E-state index contributed by atoms with van der Waals surface area (Å²) in [6.07, 6.45) is 10.7. The molecule has 2 N–H and O–H groups in total. The van der Waals surface area contributed by atoms with Crippen molar-refractivity contribution in [3.63, 3.8) is 0 Å². The van der Waals surface area contributed by atoms with Gasteiger partial charge in [-0.1, -0.05) is 19.3 Å². The van der Waals surface area contributed by atoms with Crippen LogP contribution in [0, 0.1) is 0 Å². The standard InChI is InChI=1S/C15H19N5O3/c21-14(22)10-19-7-6-13(18-19)17-15(23)11-8-16-20(9-11)12-4-2-1-3-5-12/h6-9,12H,1-5,10H2,(H,21,22)(H,17,18,23). The molecule has 3 rings (SSSR count). The molecule has 0 radical (unpaired) electrons. The molecule has 2 heterocycles. The summed E-state index contributed by atoms with van der Waals surface area (Å²) in [5.41, 5.74) is 0.475. The van der Waals surface area contributed by atoms with Crippen LogP contribution in [0.5, 0.6) is 0 Å². The van der Waals surface area contributed by atoms with Crippen molar-refractivity contribution in [3.05, 3.63) is 30.2 Å². The van der Waals surface area contributed by atoms with E-state index in [-0.39, 0.29) is 12.5 Å². The van der Waals surface area contributed by atoms with Crippen molar-refractivity contribution < 1.29 is 14.7 Å². The number of aliphatic carboxylic acids is 1. The van der Waals surface area contributed by atoms with Gasteiger partial charge in [0.2, 0.25) is 0 Å². The van der Waals surface area contributed by atoms with Gasteiger partial charge in [0.1, 0.15) is 6.54 Å². The molecule has 8 heteroatoms. The summed E-state index contributed by atoms with van der Waals surface area (Å²) in [6, 6.07) is 1.94. The molecule has 0 aliphatic heterocycles. The van der Waals surface area contributed by atoms with Crippen LogP contribution in [0.1, 0.15) is 48.5 Å². The number of nitrogens with one attached hydrogen (secondary N) is 1. The van der Waals surface area contributed by atoms with Gasteiger partial charge in [-0.25, -0.2) is 0 Å². The summed E-state index contributed by atoms with van der Waals surface area (Å²) in [7, 11) is 0. The molecular formula is C15H19N5O3. The van der Waals surface area contributed by atoms with E-state index in [4.69, 9.17) is 5.11 Å². The molecule has 1 amide bonds. The van der Waals surface area contributed by atoms with Gasteiger partial charge in [0.15, 0.2) is 5.82 Å². The van der Waals surface area contributed by atoms with Gasteiger partial charge in [-0.15, -0.1) is 0 Å². The Morgan fingerprint density at radius 3 is 2.83 bits per heavy atom. The molecule has 0 atom stereocenters. The maximum atomic E-state index is 12.2. The highest BCUT2D eigenvalue weighted by atomic mass is 16.4. The largest absolute Gasteiger partial charge is 0.480 e. The fraction of sp³-hybridized carbons (Fsp3) is 0.467. The Kier molecular flexibility index (Phi) is 4.40. The van der Waals surface area contributed by atoms with Crippen molar-refractivity contribution in [2.45, 2.75) is 44.7 Å². The van der Waals surface area contributed by atoms with E-state index in [0.717, 1.165) is 12.8 Å². The average Bonchev–Trinajstić information content (AvgIpc) is 3.17. The average molecular weight is 317 g/mol. The number of anilines is 1. The lowest BCUT2D eigenvalue weighted by Gasteiger charge is -2.21. The molecule has 1 fully saturated rings. The molecule has 0 saturated heterocycles. The lowest BCUT2D eigenvalue weighted by atomic mass is 9.96. The quantitative estimate of drug-likeness (QED) is 0.877. The number of hydrogen-bond acceptors (Lipinski definition) is 4. The molecule has 8 nitrogen and oxygen atoms in total. The van der Waals surface area contributed by atoms with Gasteiger partial charge in [-0.05, 0) is 12.8 Å². The van der Waals surface area contributed by atoms with Gasteiger partial charge in [0, 0.05) is 18.5 Å². The molecule has 0 aromatic carbocycles. The first kappa shape index (κ1) is 15.3. The lowest BCUT2D eigenvalue weighted by molar-refractivity contribution is -0.137. The van der Waals surface area contributed by atoms with E-state index in [2.05, 4.69) is 15.5 Å². The number of nitrogens with zero attached hydrogens (tertiary/aromatic N) is 4. The Hall–Kier alpha value is -2.64. The van der Waals surface area contributed by atoms with Gasteiger partial charge in [0.25, 0.3) is 5.91 Å². The number of rotatable bonds is 5. The van der Waals surface area contributed by atoms with Crippen molar-refractivity contribution in [2.75, 3.05) is 5.32 Å². The first-order chi connectivity index (χ1) is 11.1. The first-order valence-corrected chi connectivity index (χ1v) is 7.72. The fourth-order valence-electron chi connectivity index (χ4n) is 2.84. The summed E-state index contributed by atoms with van der Waals surface area (Å²) in [4.78, 5) is 22.8. The van der Waals surface area contributed by atoms with Crippen molar-refractivity contribution in [2.24, 2.45) is 0 Å². The maximum Gasteiger partial charge on any atom is 0.325 e. The highest BCUT2D eigenvalue weighted by Gasteiger charge is 2.18. The number of carboxylic acids is 1. The minimum absolute atomic E-state index is 0.241. The molecule has 1 aliphatic carbocycles. The van der Waals surface area contributed by atoms with E-state index >= 15 is 0 Å². The van der Waals surface area contributed by atoms with E-state index in [9.17, 15) is 9.59 Å². The fourth-order valence-corrected chi connectivity index (χ4v) is 2.84. The SMILES string of the molecule is O=C(O)Cn1ccc(NC(=O)c2cnn(C3CCCCC3)c2)n1. The zero-order valence-electron chi connectivity index (χ0n) is 12.7. The Morgan fingerprint density at radius 2 is 2.09 bits per heavy atom. The van der Waals surface area contributed by atoms with Crippen LogP contribution in [0.15, 0.2) is 24.7 Å². The number of amides is 1. The van der Waals surface area contributed by atoms with Crippen LogP contribution in [-0.4, -0.2) is 36.5 Å². The predicted octanol–water partition coefficient (Wildman–Crippen LogP) is 1.92.